The lowest BCUT2D eigenvalue weighted by Gasteiger charge is -2.40. The van der Waals surface area contributed by atoms with Crippen LogP contribution in [0.4, 0.5) is 0 Å². The van der Waals surface area contributed by atoms with E-state index in [-0.39, 0.29) is 19.4 Å². The number of aliphatic hydroxyl groups is 3. The number of carbonyl (C=O) groups excluding carboxylic acids is 2. The number of unbranched alkanes of at least 4 members (excludes halogenated alkanes) is 18. The van der Waals surface area contributed by atoms with Gasteiger partial charge < -0.3 is 34.3 Å². The van der Waals surface area contributed by atoms with E-state index in [0.717, 1.165) is 77.0 Å². The van der Waals surface area contributed by atoms with Crippen LogP contribution in [-0.2, 0) is 38.7 Å². The van der Waals surface area contributed by atoms with Crippen LogP contribution < -0.4 is 0 Å². The zero-order chi connectivity index (χ0) is 44.1. The molecule has 1 heterocycles. The topological polar surface area (TPSA) is 186 Å². The predicted molar refractivity (Wildman–Crippen MR) is 238 cm³/mol. The van der Waals surface area contributed by atoms with E-state index in [4.69, 9.17) is 18.9 Å². The van der Waals surface area contributed by atoms with E-state index in [1.54, 1.807) is 0 Å². The molecule has 0 amide bonds. The Labute approximate surface area is 363 Å². The van der Waals surface area contributed by atoms with Gasteiger partial charge in [0.15, 0.2) is 12.4 Å². The number of hydrogen-bond acceptors (Lipinski definition) is 11. The minimum Gasteiger partial charge on any atom is -0.462 e. The highest BCUT2D eigenvalue weighted by molar-refractivity contribution is 7.85. The summed E-state index contributed by atoms with van der Waals surface area (Å²) in [7, 11) is -4.60. The Balaban J connectivity index is 2.36. The van der Waals surface area contributed by atoms with Crippen molar-refractivity contribution in [1.82, 2.24) is 0 Å². The molecule has 12 nitrogen and oxygen atoms in total. The average Bonchev–Trinajstić information content (AvgIpc) is 3.21. The molecule has 6 atom stereocenters. The molecule has 13 heteroatoms. The maximum Gasteiger partial charge on any atom is 0.306 e. The molecule has 1 aliphatic heterocycles. The maximum absolute atomic E-state index is 12.8. The van der Waals surface area contributed by atoms with E-state index in [9.17, 15) is 37.9 Å². The lowest BCUT2D eigenvalue weighted by molar-refractivity contribution is -0.297. The molecule has 0 spiro atoms. The molecule has 0 bridgehead atoms. The summed E-state index contributed by atoms with van der Waals surface area (Å²) in [6.07, 6.45) is 34.6. The van der Waals surface area contributed by atoms with Crippen LogP contribution in [0.25, 0.3) is 0 Å². The van der Waals surface area contributed by atoms with E-state index < -0.39 is 71.2 Å². The lowest BCUT2D eigenvalue weighted by Crippen LogP contribution is -2.60. The first-order valence-electron chi connectivity index (χ1n) is 23.2. The Morgan fingerprint density at radius 2 is 1.05 bits per heavy atom. The highest BCUT2D eigenvalue weighted by Crippen LogP contribution is 2.24. The molecule has 0 saturated carbocycles. The van der Waals surface area contributed by atoms with Crippen molar-refractivity contribution in [2.75, 3.05) is 19.0 Å². The predicted octanol–water partition coefficient (Wildman–Crippen LogP) is 9.56. The average molecular weight is 871 g/mol. The quantitative estimate of drug-likeness (QED) is 0.0200. The van der Waals surface area contributed by atoms with Gasteiger partial charge in [0.2, 0.25) is 0 Å². The number of carbonyl (C=O) groups is 2. The van der Waals surface area contributed by atoms with E-state index in [1.807, 2.05) is 0 Å². The second-order valence-corrected chi connectivity index (χ2v) is 17.5. The minimum absolute atomic E-state index is 0.159. The fourth-order valence-corrected chi connectivity index (χ4v) is 7.53. The van der Waals surface area contributed by atoms with Gasteiger partial charge in [-0.05, 0) is 51.4 Å². The number of ether oxygens (including phenoxy) is 4. The molecule has 4 N–H and O–H groups in total. The van der Waals surface area contributed by atoms with Crippen LogP contribution in [0.3, 0.4) is 0 Å². The Morgan fingerprint density at radius 3 is 1.57 bits per heavy atom. The molecule has 1 fully saturated rings. The SMILES string of the molecule is CC/C=C\C/C=C\C/C=C\C/C=C\CCCCCCCCCCCCC(=O)OC(COC(=O)CCCCCCCCCCC)COC1OC(CS(=O)(=O)O)C(O)C(O)C1O. The van der Waals surface area contributed by atoms with Gasteiger partial charge in [0.1, 0.15) is 36.8 Å². The van der Waals surface area contributed by atoms with Gasteiger partial charge in [0, 0.05) is 12.8 Å². The van der Waals surface area contributed by atoms with Crippen LogP contribution in [0, 0.1) is 0 Å². The maximum atomic E-state index is 12.8. The molecule has 348 valence electrons. The van der Waals surface area contributed by atoms with Crippen LogP contribution in [0.15, 0.2) is 48.6 Å². The number of rotatable bonds is 38. The highest BCUT2D eigenvalue weighted by Gasteiger charge is 2.46. The molecule has 6 unspecified atom stereocenters. The van der Waals surface area contributed by atoms with Crippen LogP contribution in [0.1, 0.15) is 181 Å². The van der Waals surface area contributed by atoms with Crippen molar-refractivity contribution in [2.45, 2.75) is 218 Å². The van der Waals surface area contributed by atoms with Gasteiger partial charge in [-0.2, -0.15) is 8.42 Å². The molecular weight excluding hydrogens is 789 g/mol. The van der Waals surface area contributed by atoms with Gasteiger partial charge in [-0.1, -0.05) is 165 Å². The van der Waals surface area contributed by atoms with E-state index in [2.05, 4.69) is 62.5 Å². The van der Waals surface area contributed by atoms with Gasteiger partial charge in [-0.25, -0.2) is 0 Å². The van der Waals surface area contributed by atoms with Crippen LogP contribution in [0.5, 0.6) is 0 Å². The molecule has 1 rings (SSSR count). The summed E-state index contributed by atoms with van der Waals surface area (Å²) in [6, 6.07) is 0. The van der Waals surface area contributed by atoms with Gasteiger partial charge in [0.05, 0.1) is 6.61 Å². The smallest absolute Gasteiger partial charge is 0.306 e. The molecule has 60 heavy (non-hydrogen) atoms. The summed E-state index contributed by atoms with van der Waals surface area (Å²) >= 11 is 0. The van der Waals surface area contributed by atoms with Crippen molar-refractivity contribution >= 4 is 22.1 Å². The van der Waals surface area contributed by atoms with Gasteiger partial charge in [-0.15, -0.1) is 0 Å². The van der Waals surface area contributed by atoms with Crippen molar-refractivity contribution < 1.29 is 56.8 Å². The first-order valence-corrected chi connectivity index (χ1v) is 24.8. The molecule has 1 saturated heterocycles. The van der Waals surface area contributed by atoms with Crippen molar-refractivity contribution in [3.63, 3.8) is 0 Å². The van der Waals surface area contributed by atoms with Crippen molar-refractivity contribution in [3.05, 3.63) is 48.6 Å². The number of hydrogen-bond donors (Lipinski definition) is 4. The molecule has 0 aromatic carbocycles. The van der Waals surface area contributed by atoms with Gasteiger partial charge >= 0.3 is 11.9 Å². The highest BCUT2D eigenvalue weighted by atomic mass is 32.2. The first kappa shape index (κ1) is 55.6. The van der Waals surface area contributed by atoms with Crippen molar-refractivity contribution in [3.8, 4) is 0 Å². The third-order valence-corrected chi connectivity index (χ3v) is 11.2. The molecule has 1 aliphatic rings. The molecule has 0 aliphatic carbocycles. The molecule has 0 radical (unpaired) electrons. The summed E-state index contributed by atoms with van der Waals surface area (Å²) in [5.41, 5.74) is 0. The largest absolute Gasteiger partial charge is 0.462 e. The number of allylic oxidation sites excluding steroid dienone is 8. The zero-order valence-electron chi connectivity index (χ0n) is 37.1. The normalized spacial score (nSPS) is 20.5. The summed E-state index contributed by atoms with van der Waals surface area (Å²) < 4.78 is 54.0. The third kappa shape index (κ3) is 31.5. The second-order valence-electron chi connectivity index (χ2n) is 16.0. The molecular formula is C47H82O12S. The monoisotopic (exact) mass is 871 g/mol. The third-order valence-electron chi connectivity index (χ3n) is 10.4. The summed E-state index contributed by atoms with van der Waals surface area (Å²) in [6.45, 7) is 3.62. The van der Waals surface area contributed by atoms with Gasteiger partial charge in [0.25, 0.3) is 10.1 Å². The minimum atomic E-state index is -4.60. The van der Waals surface area contributed by atoms with E-state index in [1.165, 1.54) is 64.2 Å². The Bertz CT molecular complexity index is 1300. The second kappa shape index (κ2) is 37.2. The standard InChI is InChI=1S/C47H82O12S/c1-3-5-7-9-11-13-14-15-16-17-18-19-20-21-22-23-24-25-26-28-30-32-34-36-43(49)58-40(37-56-42(48)35-33-31-29-27-12-10-8-6-4-2)38-57-47-46(52)45(51)44(50)41(59-47)39-60(53,54)55/h5,7,11,13,15-16,18-19,40-41,44-47,50-52H,3-4,6,8-10,12,14,17,20-39H2,1-2H3,(H,53,54,55)/b7-5-,13-11-,16-15-,19-18-. The zero-order valence-corrected chi connectivity index (χ0v) is 37.9. The van der Waals surface area contributed by atoms with Crippen molar-refractivity contribution in [2.24, 2.45) is 0 Å². The molecule has 0 aromatic heterocycles. The fourth-order valence-electron chi connectivity index (χ4n) is 6.84. The first-order chi connectivity index (χ1) is 29.0. The summed E-state index contributed by atoms with van der Waals surface area (Å²) in [5, 5.41) is 30.8. The summed E-state index contributed by atoms with van der Waals surface area (Å²) in [5.74, 6) is -1.99. The van der Waals surface area contributed by atoms with Crippen LogP contribution in [0.2, 0.25) is 0 Å². The summed E-state index contributed by atoms with van der Waals surface area (Å²) in [4.78, 5) is 25.3. The van der Waals surface area contributed by atoms with Gasteiger partial charge in [-0.3, -0.25) is 14.1 Å². The molecule has 0 aromatic rings. The Kier molecular flexibility index (Phi) is 34.5. The Morgan fingerprint density at radius 1 is 0.583 bits per heavy atom. The fraction of sp³-hybridized carbons (Fsp3) is 0.787. The van der Waals surface area contributed by atoms with E-state index >= 15 is 0 Å². The van der Waals surface area contributed by atoms with E-state index in [0.29, 0.717) is 12.8 Å². The number of esters is 2. The van der Waals surface area contributed by atoms with Crippen LogP contribution >= 0.6 is 0 Å². The Hall–Kier alpha value is -2.39. The number of aliphatic hydroxyl groups excluding tert-OH is 3. The lowest BCUT2D eigenvalue weighted by atomic mass is 10.00. The van der Waals surface area contributed by atoms with Crippen molar-refractivity contribution in [1.29, 1.82) is 0 Å². The van der Waals surface area contributed by atoms with Crippen LogP contribution in [-0.4, -0.2) is 96.0 Å².